The van der Waals surface area contributed by atoms with Crippen LogP contribution in [0.15, 0.2) is 53.5 Å². The first-order chi connectivity index (χ1) is 13.8. The Morgan fingerprint density at radius 2 is 1.31 bits per heavy atom. The second-order valence-electron chi connectivity index (χ2n) is 7.84. The number of ether oxygens (including phenoxy) is 1. The zero-order valence-electron chi connectivity index (χ0n) is 18.5. The minimum absolute atomic E-state index is 0.812. The number of methoxy groups -OCH3 is 1. The highest BCUT2D eigenvalue weighted by Crippen LogP contribution is 2.28. The van der Waals surface area contributed by atoms with Gasteiger partial charge in [0, 0.05) is 11.3 Å². The van der Waals surface area contributed by atoms with E-state index in [9.17, 15) is 0 Å². The van der Waals surface area contributed by atoms with Crippen molar-refractivity contribution in [2.24, 2.45) is 4.99 Å². The number of amidine groups is 1. The number of aryl methyl sites for hydroxylation is 6. The molecule has 0 unspecified atom stereocenters. The molecule has 0 aliphatic rings. The van der Waals surface area contributed by atoms with E-state index in [0.29, 0.717) is 0 Å². The van der Waals surface area contributed by atoms with E-state index in [1.54, 1.807) is 7.11 Å². The zero-order chi connectivity index (χ0) is 21.1. The summed E-state index contributed by atoms with van der Waals surface area (Å²) in [5.74, 6) is 1.63. The lowest BCUT2D eigenvalue weighted by Gasteiger charge is -2.17. The van der Waals surface area contributed by atoms with Crippen LogP contribution in [0.1, 0.15) is 38.9 Å². The summed E-state index contributed by atoms with van der Waals surface area (Å²) >= 11 is 0. The van der Waals surface area contributed by atoms with Crippen LogP contribution >= 0.6 is 0 Å². The van der Waals surface area contributed by atoms with Gasteiger partial charge in [-0.1, -0.05) is 47.5 Å². The summed E-state index contributed by atoms with van der Waals surface area (Å²) in [6.45, 7) is 12.7. The van der Waals surface area contributed by atoms with Gasteiger partial charge in [0.05, 0.1) is 12.8 Å². The third-order valence-corrected chi connectivity index (χ3v) is 5.12. The molecule has 0 radical (unpaired) electrons. The van der Waals surface area contributed by atoms with Crippen LogP contribution in [0.3, 0.4) is 0 Å². The van der Waals surface area contributed by atoms with Crippen LogP contribution in [0.5, 0.6) is 5.75 Å². The first-order valence-electron chi connectivity index (χ1n) is 9.94. The first kappa shape index (κ1) is 20.7. The Balaban J connectivity index is 2.18. The summed E-state index contributed by atoms with van der Waals surface area (Å²) in [4.78, 5) is 5.09. The second kappa shape index (κ2) is 8.52. The average molecular weight is 387 g/mol. The minimum Gasteiger partial charge on any atom is -0.497 e. The maximum Gasteiger partial charge on any atom is 0.138 e. The van der Waals surface area contributed by atoms with Crippen molar-refractivity contribution < 1.29 is 4.74 Å². The lowest BCUT2D eigenvalue weighted by molar-refractivity contribution is 0.414. The number of hydrogen-bond donors (Lipinski definition) is 1. The van der Waals surface area contributed by atoms with Crippen molar-refractivity contribution in [3.8, 4) is 5.75 Å². The molecule has 0 atom stereocenters. The molecule has 29 heavy (non-hydrogen) atoms. The van der Waals surface area contributed by atoms with E-state index >= 15 is 0 Å². The van der Waals surface area contributed by atoms with Gasteiger partial charge < -0.3 is 10.1 Å². The Bertz CT molecular complexity index is 1030. The van der Waals surface area contributed by atoms with Gasteiger partial charge in [-0.05, 0) is 75.9 Å². The van der Waals surface area contributed by atoms with Crippen LogP contribution in [0, 0.1) is 41.5 Å². The smallest absolute Gasteiger partial charge is 0.138 e. The molecule has 0 amide bonds. The molecular weight excluding hydrogens is 356 g/mol. The summed E-state index contributed by atoms with van der Waals surface area (Å²) in [7, 11) is 1.69. The maximum atomic E-state index is 5.45. The molecule has 0 saturated heterocycles. The molecule has 3 heteroatoms. The average Bonchev–Trinajstić information content (AvgIpc) is 2.65. The standard InChI is InChI=1S/C26H30N2O/c1-16-11-18(3)24(19(4)12-16)27-26(22-9-8-10-23(15-22)29-7)28-25-20(5)13-17(2)14-21(25)6/h8-15H,1-7H3,(H,27,28). The molecular formula is C26H30N2O. The van der Waals surface area contributed by atoms with Gasteiger partial charge in [-0.15, -0.1) is 0 Å². The predicted octanol–water partition coefficient (Wildman–Crippen LogP) is 6.74. The molecule has 0 spiro atoms. The predicted molar refractivity (Wildman–Crippen MR) is 124 cm³/mol. The Hall–Kier alpha value is -3.07. The molecule has 3 aromatic rings. The van der Waals surface area contributed by atoms with Crippen molar-refractivity contribution in [3.05, 3.63) is 87.5 Å². The van der Waals surface area contributed by atoms with E-state index in [-0.39, 0.29) is 0 Å². The number of rotatable bonds is 4. The molecule has 0 heterocycles. The highest BCUT2D eigenvalue weighted by atomic mass is 16.5. The van der Waals surface area contributed by atoms with E-state index in [4.69, 9.17) is 9.73 Å². The van der Waals surface area contributed by atoms with E-state index in [1.165, 1.54) is 33.4 Å². The molecule has 1 N–H and O–H groups in total. The van der Waals surface area contributed by atoms with Gasteiger partial charge in [0.15, 0.2) is 0 Å². The molecule has 0 aliphatic carbocycles. The Labute approximate surface area is 174 Å². The highest BCUT2D eigenvalue weighted by Gasteiger charge is 2.12. The minimum atomic E-state index is 0.812. The van der Waals surface area contributed by atoms with Gasteiger partial charge in [0.1, 0.15) is 11.6 Å². The van der Waals surface area contributed by atoms with Crippen molar-refractivity contribution in [2.45, 2.75) is 41.5 Å². The fraction of sp³-hybridized carbons (Fsp3) is 0.269. The fourth-order valence-electron chi connectivity index (χ4n) is 3.89. The Morgan fingerprint density at radius 3 is 1.86 bits per heavy atom. The SMILES string of the molecule is COc1cccc(C(=Nc2c(C)cc(C)cc2C)Nc2c(C)cc(C)cc2C)c1. The largest absolute Gasteiger partial charge is 0.497 e. The lowest BCUT2D eigenvalue weighted by atomic mass is 10.0. The highest BCUT2D eigenvalue weighted by molar-refractivity contribution is 6.10. The maximum absolute atomic E-state index is 5.45. The third kappa shape index (κ3) is 4.68. The topological polar surface area (TPSA) is 33.6 Å². The van der Waals surface area contributed by atoms with Crippen molar-refractivity contribution in [1.29, 1.82) is 0 Å². The molecule has 0 aromatic heterocycles. The summed E-state index contributed by atoms with van der Waals surface area (Å²) < 4.78 is 5.45. The van der Waals surface area contributed by atoms with Gasteiger partial charge in [0.25, 0.3) is 0 Å². The van der Waals surface area contributed by atoms with Gasteiger partial charge in [-0.3, -0.25) is 0 Å². The number of hydrogen-bond acceptors (Lipinski definition) is 2. The van der Waals surface area contributed by atoms with Crippen molar-refractivity contribution in [3.63, 3.8) is 0 Å². The molecule has 150 valence electrons. The van der Waals surface area contributed by atoms with E-state index in [0.717, 1.165) is 28.5 Å². The second-order valence-corrected chi connectivity index (χ2v) is 7.84. The molecule has 0 aliphatic heterocycles. The monoisotopic (exact) mass is 386 g/mol. The molecule has 0 saturated carbocycles. The van der Waals surface area contributed by atoms with Crippen molar-refractivity contribution >= 4 is 17.2 Å². The third-order valence-electron chi connectivity index (χ3n) is 5.12. The summed E-state index contributed by atoms with van der Waals surface area (Å²) in [6.07, 6.45) is 0. The lowest BCUT2D eigenvalue weighted by Crippen LogP contribution is -2.16. The van der Waals surface area contributed by atoms with Crippen LogP contribution in [-0.2, 0) is 0 Å². The molecule has 0 bridgehead atoms. The van der Waals surface area contributed by atoms with Crippen LogP contribution in [0.25, 0.3) is 0 Å². The fourth-order valence-corrected chi connectivity index (χ4v) is 3.89. The summed E-state index contributed by atoms with van der Waals surface area (Å²) in [5.41, 5.74) is 10.3. The van der Waals surface area contributed by atoms with Crippen LogP contribution in [0.2, 0.25) is 0 Å². The number of aliphatic imine (C=N–C) groups is 1. The van der Waals surface area contributed by atoms with E-state index in [1.807, 2.05) is 18.2 Å². The van der Waals surface area contributed by atoms with E-state index in [2.05, 4.69) is 77.2 Å². The molecule has 0 fully saturated rings. The first-order valence-corrected chi connectivity index (χ1v) is 9.94. The van der Waals surface area contributed by atoms with Gasteiger partial charge in [0.2, 0.25) is 0 Å². The quantitative estimate of drug-likeness (QED) is 0.398. The van der Waals surface area contributed by atoms with Crippen LogP contribution in [0.4, 0.5) is 11.4 Å². The van der Waals surface area contributed by atoms with Gasteiger partial charge >= 0.3 is 0 Å². The normalized spacial score (nSPS) is 11.5. The Kier molecular flexibility index (Phi) is 6.07. The Morgan fingerprint density at radius 1 is 0.759 bits per heavy atom. The number of benzene rings is 3. The molecule has 3 aromatic carbocycles. The number of nitrogens with zero attached hydrogens (tertiary/aromatic N) is 1. The number of nitrogens with one attached hydrogen (secondary N) is 1. The van der Waals surface area contributed by atoms with Crippen molar-refractivity contribution in [2.75, 3.05) is 12.4 Å². The molecule has 3 nitrogen and oxygen atoms in total. The van der Waals surface area contributed by atoms with Gasteiger partial charge in [-0.25, -0.2) is 4.99 Å². The van der Waals surface area contributed by atoms with Crippen LogP contribution < -0.4 is 10.1 Å². The molecule has 3 rings (SSSR count). The zero-order valence-corrected chi connectivity index (χ0v) is 18.5. The van der Waals surface area contributed by atoms with E-state index < -0.39 is 0 Å². The number of anilines is 1. The van der Waals surface area contributed by atoms with Gasteiger partial charge in [-0.2, -0.15) is 0 Å². The summed E-state index contributed by atoms with van der Waals surface area (Å²) in [5, 5.41) is 3.62. The van der Waals surface area contributed by atoms with Crippen molar-refractivity contribution in [1.82, 2.24) is 0 Å². The van der Waals surface area contributed by atoms with Crippen LogP contribution in [-0.4, -0.2) is 12.9 Å². The summed E-state index contributed by atoms with van der Waals surface area (Å²) in [6, 6.07) is 16.8.